The van der Waals surface area contributed by atoms with E-state index in [-0.39, 0.29) is 16.8 Å². The molecule has 33 heavy (non-hydrogen) atoms. The van der Waals surface area contributed by atoms with E-state index >= 15 is 0 Å². The summed E-state index contributed by atoms with van der Waals surface area (Å²) in [5.41, 5.74) is 1.28. The number of carbonyl (C=O) groups is 1. The summed E-state index contributed by atoms with van der Waals surface area (Å²) in [4.78, 5) is 30.2. The first-order chi connectivity index (χ1) is 15.9. The van der Waals surface area contributed by atoms with Crippen LogP contribution in [-0.4, -0.2) is 54.1 Å². The third kappa shape index (κ3) is 3.69. The average molecular weight is 451 g/mol. The van der Waals surface area contributed by atoms with Crippen LogP contribution in [-0.2, 0) is 7.05 Å². The number of rotatable bonds is 6. The number of aromatic nitrogens is 6. The van der Waals surface area contributed by atoms with Gasteiger partial charge < -0.3 is 16.0 Å². The normalized spacial score (nSPS) is 17.2. The molecular formula is C21H22FN9O2. The lowest BCUT2D eigenvalue weighted by Gasteiger charge is -2.12. The Kier molecular flexibility index (Phi) is 4.84. The lowest BCUT2D eigenvalue weighted by Crippen LogP contribution is -2.27. The van der Waals surface area contributed by atoms with E-state index in [9.17, 15) is 14.0 Å². The number of aryl methyl sites for hydroxylation is 2. The maximum absolute atomic E-state index is 13.2. The van der Waals surface area contributed by atoms with Crippen LogP contribution in [0.25, 0.3) is 11.5 Å². The Morgan fingerprint density at radius 2 is 2.09 bits per heavy atom. The zero-order valence-corrected chi connectivity index (χ0v) is 18.2. The zero-order valence-electron chi connectivity index (χ0n) is 18.2. The largest absolute Gasteiger partial charge is 0.373 e. The number of alkyl halides is 1. The molecule has 170 valence electrons. The molecule has 0 aromatic carbocycles. The number of nitrogens with one attached hydrogen (secondary N) is 3. The van der Waals surface area contributed by atoms with Crippen molar-refractivity contribution in [3.05, 3.63) is 58.3 Å². The molecule has 0 aliphatic heterocycles. The van der Waals surface area contributed by atoms with Crippen molar-refractivity contribution in [3.8, 4) is 5.82 Å². The third-order valence-corrected chi connectivity index (χ3v) is 5.44. The molecular weight excluding hydrogens is 429 g/mol. The minimum Gasteiger partial charge on any atom is -0.373 e. The van der Waals surface area contributed by atoms with Crippen LogP contribution in [0.2, 0.25) is 0 Å². The second-order valence-corrected chi connectivity index (χ2v) is 7.89. The number of nitrogens with zero attached hydrogens (tertiary/aromatic N) is 6. The highest BCUT2D eigenvalue weighted by Crippen LogP contribution is 2.26. The number of amides is 1. The van der Waals surface area contributed by atoms with Crippen LogP contribution >= 0.6 is 0 Å². The number of halogens is 1. The first kappa shape index (κ1) is 20.7. The average Bonchev–Trinajstić information content (AvgIpc) is 3.16. The number of anilines is 3. The Labute approximate surface area is 187 Å². The number of fused-ring (bicyclic) bond motifs is 1. The van der Waals surface area contributed by atoms with Gasteiger partial charge in [-0.1, -0.05) is 0 Å². The number of hydrogen-bond donors (Lipinski definition) is 3. The molecule has 5 rings (SSSR count). The molecule has 0 unspecified atom stereocenters. The molecule has 0 bridgehead atoms. The van der Waals surface area contributed by atoms with E-state index in [1.807, 2.05) is 13.0 Å². The van der Waals surface area contributed by atoms with Crippen molar-refractivity contribution in [3.63, 3.8) is 0 Å². The molecule has 4 aromatic rings. The molecule has 1 aliphatic rings. The highest BCUT2D eigenvalue weighted by atomic mass is 19.1. The number of carbonyl (C=O) groups excluding carboxylic acids is 1. The molecule has 3 N–H and O–H groups in total. The summed E-state index contributed by atoms with van der Waals surface area (Å²) in [5, 5.41) is 17.2. The minimum absolute atomic E-state index is 0.213. The standard InChI is InChI=1S/C21H22FN9O2/c1-11-7-18(29(3)28-11)30-6-4-5-14(21(30)33)25-16-9-17(23-2)31-19(27-16)12(10-24-31)20(32)26-15-8-13(15)22/h4-7,9-10,13,15,23H,8H2,1-3H3,(H,25,27)(H,26,32)/t13-,15+/m1/s1. The molecule has 1 saturated carbocycles. The first-order valence-corrected chi connectivity index (χ1v) is 10.4. The van der Waals surface area contributed by atoms with Crippen LogP contribution in [0, 0.1) is 6.92 Å². The summed E-state index contributed by atoms with van der Waals surface area (Å²) >= 11 is 0. The molecule has 2 atom stereocenters. The molecule has 11 nitrogen and oxygen atoms in total. The summed E-state index contributed by atoms with van der Waals surface area (Å²) in [7, 11) is 3.47. The van der Waals surface area contributed by atoms with E-state index in [1.165, 1.54) is 15.3 Å². The van der Waals surface area contributed by atoms with Gasteiger partial charge in [0.2, 0.25) is 0 Å². The van der Waals surface area contributed by atoms with Gasteiger partial charge in [0.25, 0.3) is 11.5 Å². The summed E-state index contributed by atoms with van der Waals surface area (Å²) in [6.07, 6.45) is 2.34. The van der Waals surface area contributed by atoms with E-state index in [4.69, 9.17) is 0 Å². The summed E-state index contributed by atoms with van der Waals surface area (Å²) in [5.74, 6) is 1.07. The monoisotopic (exact) mass is 451 g/mol. The van der Waals surface area contributed by atoms with Gasteiger partial charge >= 0.3 is 0 Å². The second-order valence-electron chi connectivity index (χ2n) is 7.89. The Balaban J connectivity index is 1.52. The molecule has 0 spiro atoms. The van der Waals surface area contributed by atoms with Crippen molar-refractivity contribution in [2.75, 3.05) is 17.7 Å². The van der Waals surface area contributed by atoms with Crippen molar-refractivity contribution in [1.29, 1.82) is 0 Å². The number of pyridine rings is 1. The smallest absolute Gasteiger partial charge is 0.279 e. The molecule has 12 heteroatoms. The van der Waals surface area contributed by atoms with Gasteiger partial charge in [0.05, 0.1) is 17.9 Å². The van der Waals surface area contributed by atoms with Gasteiger partial charge in [0.1, 0.15) is 34.9 Å². The molecule has 1 amide bonds. The van der Waals surface area contributed by atoms with E-state index in [0.29, 0.717) is 29.6 Å². The Bertz CT molecular complexity index is 1440. The fourth-order valence-corrected chi connectivity index (χ4v) is 3.65. The molecule has 1 aliphatic carbocycles. The zero-order chi connectivity index (χ0) is 23.3. The van der Waals surface area contributed by atoms with E-state index in [1.54, 1.807) is 43.2 Å². The van der Waals surface area contributed by atoms with Crippen LogP contribution in [0.3, 0.4) is 0 Å². The van der Waals surface area contributed by atoms with E-state index in [0.717, 1.165) is 5.69 Å². The van der Waals surface area contributed by atoms with Crippen LogP contribution in [0.1, 0.15) is 22.5 Å². The molecule has 0 radical (unpaired) electrons. The first-order valence-electron chi connectivity index (χ1n) is 10.4. The topological polar surface area (TPSA) is 123 Å². The van der Waals surface area contributed by atoms with Gasteiger partial charge in [-0.25, -0.2) is 9.37 Å². The molecule has 4 aromatic heterocycles. The van der Waals surface area contributed by atoms with Crippen LogP contribution in [0.4, 0.5) is 21.7 Å². The van der Waals surface area contributed by atoms with Gasteiger partial charge in [-0.05, 0) is 19.1 Å². The second kappa shape index (κ2) is 7.73. The van der Waals surface area contributed by atoms with E-state index < -0.39 is 18.1 Å². The van der Waals surface area contributed by atoms with Crippen LogP contribution < -0.4 is 21.5 Å². The fourth-order valence-electron chi connectivity index (χ4n) is 3.65. The van der Waals surface area contributed by atoms with Crippen molar-refractivity contribution in [1.82, 2.24) is 34.3 Å². The van der Waals surface area contributed by atoms with Gasteiger partial charge in [-0.15, -0.1) is 0 Å². The highest BCUT2D eigenvalue weighted by Gasteiger charge is 2.39. The van der Waals surface area contributed by atoms with Crippen LogP contribution in [0.15, 0.2) is 41.5 Å². The maximum atomic E-state index is 13.2. The Hall–Kier alpha value is -4.22. The summed E-state index contributed by atoms with van der Waals surface area (Å²) < 4.78 is 17.8. The molecule has 1 fully saturated rings. The van der Waals surface area contributed by atoms with Gasteiger partial charge in [-0.3, -0.25) is 18.8 Å². The lowest BCUT2D eigenvalue weighted by atomic mass is 10.3. The van der Waals surface area contributed by atoms with Crippen molar-refractivity contribution >= 4 is 28.9 Å². The van der Waals surface area contributed by atoms with Gasteiger partial charge in [0.15, 0.2) is 5.65 Å². The Morgan fingerprint density at radius 3 is 2.76 bits per heavy atom. The predicted molar refractivity (Wildman–Crippen MR) is 120 cm³/mol. The summed E-state index contributed by atoms with van der Waals surface area (Å²) in [6.45, 7) is 1.85. The summed E-state index contributed by atoms with van der Waals surface area (Å²) in [6, 6.07) is 6.39. The molecule has 0 saturated heterocycles. The lowest BCUT2D eigenvalue weighted by molar-refractivity contribution is 0.0949. The van der Waals surface area contributed by atoms with Crippen LogP contribution in [0.5, 0.6) is 0 Å². The fraction of sp³-hybridized carbons (Fsp3) is 0.286. The minimum atomic E-state index is -1.02. The van der Waals surface area contributed by atoms with Crippen molar-refractivity contribution in [2.24, 2.45) is 7.05 Å². The quantitative estimate of drug-likeness (QED) is 0.406. The van der Waals surface area contributed by atoms with E-state index in [2.05, 4.69) is 31.1 Å². The maximum Gasteiger partial charge on any atom is 0.279 e. The Morgan fingerprint density at radius 1 is 1.30 bits per heavy atom. The van der Waals surface area contributed by atoms with Crippen molar-refractivity contribution in [2.45, 2.75) is 25.6 Å². The predicted octanol–water partition coefficient (Wildman–Crippen LogP) is 1.55. The van der Waals surface area contributed by atoms with Crippen molar-refractivity contribution < 1.29 is 9.18 Å². The third-order valence-electron chi connectivity index (χ3n) is 5.44. The van der Waals surface area contributed by atoms with Gasteiger partial charge in [0, 0.05) is 38.8 Å². The number of hydrogen-bond acceptors (Lipinski definition) is 7. The highest BCUT2D eigenvalue weighted by molar-refractivity contribution is 6.00. The molecule has 4 heterocycles. The SMILES string of the molecule is CNc1cc(Nc2cccn(-c3cc(C)nn3C)c2=O)nc2c(C(=O)N[C@H]3C[C@H]3F)cnn12. The van der Waals surface area contributed by atoms with Gasteiger partial charge in [-0.2, -0.15) is 14.7 Å².